The van der Waals surface area contributed by atoms with Crippen LogP contribution in [0.15, 0.2) is 23.2 Å². The summed E-state index contributed by atoms with van der Waals surface area (Å²) in [4.78, 5) is 21.0. The number of nitrogens with one attached hydrogen (secondary N) is 2. The number of esters is 1. The topological polar surface area (TPSA) is 84.8 Å². The number of guanidine groups is 1. The van der Waals surface area contributed by atoms with Gasteiger partial charge in [-0.15, -0.1) is 35.3 Å². The Bertz CT molecular complexity index is 879. The molecule has 7 nitrogen and oxygen atoms in total. The minimum Gasteiger partial charge on any atom is -0.489 e. The molecule has 1 heterocycles. The predicted molar refractivity (Wildman–Crippen MR) is 123 cm³/mol. The molecule has 0 aliphatic rings. The zero-order chi connectivity index (χ0) is 21.4. The smallest absolute Gasteiger partial charge is 0.350 e. The lowest BCUT2D eigenvalue weighted by atomic mass is 10.3. The molecule has 0 aliphatic heterocycles. The number of aryl methyl sites for hydroxylation is 1. The van der Waals surface area contributed by atoms with Crippen LogP contribution in [0.3, 0.4) is 0 Å². The molecule has 166 valence electrons. The van der Waals surface area contributed by atoms with E-state index in [0.29, 0.717) is 29.7 Å². The molecule has 0 spiro atoms. The molecule has 2 aromatic rings. The second kappa shape index (κ2) is 12.6. The van der Waals surface area contributed by atoms with Crippen LogP contribution in [0, 0.1) is 18.6 Å². The molecular formula is C19H25F2IN4O3S. The Hall–Kier alpha value is -2.02. The van der Waals surface area contributed by atoms with Crippen molar-refractivity contribution in [2.75, 3.05) is 26.8 Å². The van der Waals surface area contributed by atoms with Gasteiger partial charge in [-0.3, -0.25) is 4.99 Å². The molecule has 0 fully saturated rings. The molecule has 0 saturated carbocycles. The van der Waals surface area contributed by atoms with Crippen molar-refractivity contribution >= 4 is 47.2 Å². The van der Waals surface area contributed by atoms with E-state index in [0.717, 1.165) is 17.1 Å². The molecule has 1 aromatic carbocycles. The Morgan fingerprint density at radius 2 is 2.10 bits per heavy atom. The molecule has 30 heavy (non-hydrogen) atoms. The van der Waals surface area contributed by atoms with Crippen LogP contribution in [0.5, 0.6) is 5.75 Å². The summed E-state index contributed by atoms with van der Waals surface area (Å²) in [5.41, 5.74) is 0.620. The molecule has 1 atom stereocenters. The summed E-state index contributed by atoms with van der Waals surface area (Å²) in [5, 5.41) is 6.93. The zero-order valence-corrected chi connectivity index (χ0v) is 20.3. The number of halogens is 3. The molecule has 1 unspecified atom stereocenters. The zero-order valence-electron chi connectivity index (χ0n) is 17.1. The lowest BCUT2D eigenvalue weighted by Crippen LogP contribution is -2.40. The molecule has 0 radical (unpaired) electrons. The average Bonchev–Trinajstić information content (AvgIpc) is 3.07. The number of ether oxygens (including phenoxy) is 2. The summed E-state index contributed by atoms with van der Waals surface area (Å²) in [7, 11) is 1.61. The molecule has 11 heteroatoms. The summed E-state index contributed by atoms with van der Waals surface area (Å²) >= 11 is 1.27. The van der Waals surface area contributed by atoms with Gasteiger partial charge < -0.3 is 20.1 Å². The molecule has 0 amide bonds. The van der Waals surface area contributed by atoms with Gasteiger partial charge in [-0.2, -0.15) is 0 Å². The first-order valence-corrected chi connectivity index (χ1v) is 9.86. The Morgan fingerprint density at radius 1 is 1.37 bits per heavy atom. The Balaban J connectivity index is 0.00000450. The largest absolute Gasteiger partial charge is 0.489 e. The summed E-state index contributed by atoms with van der Waals surface area (Å²) in [5.74, 6) is -1.32. The van der Waals surface area contributed by atoms with E-state index >= 15 is 0 Å². The number of benzene rings is 1. The van der Waals surface area contributed by atoms with Crippen molar-refractivity contribution in [2.45, 2.75) is 26.8 Å². The number of nitrogens with zero attached hydrogens (tertiary/aromatic N) is 2. The third-order valence-corrected chi connectivity index (χ3v) is 5.09. The lowest BCUT2D eigenvalue weighted by Gasteiger charge is -2.16. The molecular weight excluding hydrogens is 529 g/mol. The van der Waals surface area contributed by atoms with Gasteiger partial charge in [0.05, 0.1) is 24.9 Å². The van der Waals surface area contributed by atoms with E-state index < -0.39 is 11.6 Å². The van der Waals surface area contributed by atoms with Crippen molar-refractivity contribution in [3.05, 3.63) is 45.4 Å². The fourth-order valence-corrected chi connectivity index (χ4v) is 3.34. The van der Waals surface area contributed by atoms with E-state index in [1.807, 2.05) is 6.92 Å². The first-order valence-electron chi connectivity index (χ1n) is 9.05. The Morgan fingerprint density at radius 3 is 2.73 bits per heavy atom. The van der Waals surface area contributed by atoms with Crippen LogP contribution in [0.2, 0.25) is 0 Å². The average molecular weight is 554 g/mol. The second-order valence-corrected chi connectivity index (χ2v) is 7.01. The Labute approximate surface area is 195 Å². The highest BCUT2D eigenvalue weighted by molar-refractivity contribution is 14.0. The predicted octanol–water partition coefficient (Wildman–Crippen LogP) is 3.83. The highest BCUT2D eigenvalue weighted by Gasteiger charge is 2.20. The molecule has 2 rings (SSSR count). The van der Waals surface area contributed by atoms with E-state index in [-0.39, 0.29) is 48.3 Å². The van der Waals surface area contributed by atoms with Gasteiger partial charge in [0.15, 0.2) is 17.5 Å². The lowest BCUT2D eigenvalue weighted by molar-refractivity contribution is 0.0531. The van der Waals surface area contributed by atoms with Crippen LogP contribution in [0.1, 0.15) is 40.3 Å². The van der Waals surface area contributed by atoms with Gasteiger partial charge in [0, 0.05) is 13.1 Å². The number of thiazole rings is 1. The fourth-order valence-electron chi connectivity index (χ4n) is 2.37. The van der Waals surface area contributed by atoms with Crippen molar-refractivity contribution in [2.24, 2.45) is 4.99 Å². The van der Waals surface area contributed by atoms with Gasteiger partial charge in [-0.25, -0.2) is 18.6 Å². The van der Waals surface area contributed by atoms with E-state index in [9.17, 15) is 13.6 Å². The third kappa shape index (κ3) is 7.35. The van der Waals surface area contributed by atoms with Crippen LogP contribution in [0.4, 0.5) is 8.78 Å². The number of hydrogen-bond acceptors (Lipinski definition) is 6. The maximum Gasteiger partial charge on any atom is 0.350 e. The third-order valence-electron chi connectivity index (χ3n) is 3.77. The minimum absolute atomic E-state index is 0. The maximum absolute atomic E-state index is 13.5. The van der Waals surface area contributed by atoms with Gasteiger partial charge in [0.25, 0.3) is 0 Å². The summed E-state index contributed by atoms with van der Waals surface area (Å²) in [6.45, 7) is 6.21. The quantitative estimate of drug-likeness (QED) is 0.170. The van der Waals surface area contributed by atoms with E-state index in [1.165, 1.54) is 17.4 Å². The van der Waals surface area contributed by atoms with E-state index in [1.54, 1.807) is 20.9 Å². The van der Waals surface area contributed by atoms with Crippen LogP contribution in [-0.4, -0.2) is 43.7 Å². The standard InChI is InChI=1S/C19H24F2N4O3S.HI/c1-5-27-18(26)16-11(2)24-17(29-16)12(3)25-19(22-4)23-8-9-28-15-7-6-13(20)10-14(15)21;/h6-7,10,12H,5,8-9H2,1-4H3,(H2,22,23,25);1H. The fraction of sp³-hybridized carbons (Fsp3) is 0.421. The van der Waals surface area contributed by atoms with Gasteiger partial charge >= 0.3 is 5.97 Å². The van der Waals surface area contributed by atoms with Crippen molar-refractivity contribution in [3.63, 3.8) is 0 Å². The van der Waals surface area contributed by atoms with Gasteiger partial charge in [-0.1, -0.05) is 0 Å². The van der Waals surface area contributed by atoms with E-state index in [4.69, 9.17) is 9.47 Å². The van der Waals surface area contributed by atoms with Crippen molar-refractivity contribution in [1.29, 1.82) is 0 Å². The monoisotopic (exact) mass is 554 g/mol. The van der Waals surface area contributed by atoms with Crippen molar-refractivity contribution in [1.82, 2.24) is 15.6 Å². The minimum atomic E-state index is -0.752. The molecule has 0 saturated heterocycles. The summed E-state index contributed by atoms with van der Waals surface area (Å²) < 4.78 is 36.8. The Kier molecular flexibility index (Phi) is 10.9. The van der Waals surface area contributed by atoms with Gasteiger partial charge in [-0.05, 0) is 32.9 Å². The van der Waals surface area contributed by atoms with Crippen molar-refractivity contribution < 1.29 is 23.0 Å². The second-order valence-electron chi connectivity index (χ2n) is 5.98. The normalized spacial score (nSPS) is 12.0. The van der Waals surface area contributed by atoms with Crippen LogP contribution < -0.4 is 15.4 Å². The molecule has 0 bridgehead atoms. The SMILES string of the molecule is CCOC(=O)c1sc(C(C)NC(=NC)NCCOc2ccc(F)cc2F)nc1C.I. The number of hydrogen-bond donors (Lipinski definition) is 2. The highest BCUT2D eigenvalue weighted by Crippen LogP contribution is 2.24. The summed E-state index contributed by atoms with van der Waals surface area (Å²) in [6.07, 6.45) is 0. The number of carbonyl (C=O) groups is 1. The van der Waals surface area contributed by atoms with Crippen LogP contribution in [-0.2, 0) is 4.74 Å². The van der Waals surface area contributed by atoms with Crippen molar-refractivity contribution in [3.8, 4) is 5.75 Å². The van der Waals surface area contributed by atoms with E-state index in [2.05, 4.69) is 20.6 Å². The summed E-state index contributed by atoms with van der Waals surface area (Å²) in [6, 6.07) is 2.94. The van der Waals surface area contributed by atoms with Gasteiger partial charge in [0.1, 0.15) is 22.3 Å². The number of carbonyl (C=O) groups excluding carboxylic acids is 1. The molecule has 0 aliphatic carbocycles. The number of rotatable bonds is 8. The van der Waals surface area contributed by atoms with Gasteiger partial charge in [0.2, 0.25) is 0 Å². The maximum atomic E-state index is 13.5. The first kappa shape index (κ1) is 26.0. The first-order chi connectivity index (χ1) is 13.8. The molecule has 2 N–H and O–H groups in total. The van der Waals surface area contributed by atoms with Crippen LogP contribution >= 0.6 is 35.3 Å². The highest BCUT2D eigenvalue weighted by atomic mass is 127. The number of aromatic nitrogens is 1. The number of aliphatic imine (C=N–C) groups is 1. The molecule has 1 aromatic heterocycles. The van der Waals surface area contributed by atoms with Crippen LogP contribution in [0.25, 0.3) is 0 Å².